The van der Waals surface area contributed by atoms with Crippen molar-refractivity contribution in [1.29, 1.82) is 0 Å². The number of hydrogen-bond donors (Lipinski definition) is 1. The number of nitro groups is 1. The third-order valence-corrected chi connectivity index (χ3v) is 3.06. The molecule has 0 amide bonds. The Labute approximate surface area is 114 Å². The van der Waals surface area contributed by atoms with E-state index in [1.54, 1.807) is 36.6 Å². The van der Waals surface area contributed by atoms with Gasteiger partial charge in [-0.2, -0.15) is 0 Å². The minimum atomic E-state index is -1.11. The number of aliphatic imine (C=N–C) groups is 1. The molecule has 0 radical (unpaired) electrons. The number of carboxylic acids is 1. The van der Waals surface area contributed by atoms with E-state index >= 15 is 0 Å². The molecule has 1 atom stereocenters. The number of rotatable bonds is 4. The van der Waals surface area contributed by atoms with E-state index in [1.807, 2.05) is 0 Å². The molecule has 102 valence electrons. The van der Waals surface area contributed by atoms with Gasteiger partial charge in [0.1, 0.15) is 0 Å². The first-order valence-electron chi connectivity index (χ1n) is 5.89. The summed E-state index contributed by atoms with van der Waals surface area (Å²) in [5.74, 6) is -1.11. The van der Waals surface area contributed by atoms with E-state index in [0.717, 1.165) is 6.08 Å². The number of carboxylic acid groups (broad SMARTS) is 1. The molecule has 0 spiro atoms. The van der Waals surface area contributed by atoms with Crippen LogP contribution >= 0.6 is 0 Å². The molecule has 0 aromatic heterocycles. The molecular weight excluding hydrogens is 260 g/mol. The SMILES string of the molecule is O=C(O)/C=C/C1(c2ccccc2[N+](=O)[O-])C=CC=NC1. The highest BCUT2D eigenvalue weighted by molar-refractivity contribution is 5.81. The van der Waals surface area contributed by atoms with E-state index in [9.17, 15) is 14.9 Å². The van der Waals surface area contributed by atoms with Crippen LogP contribution in [-0.2, 0) is 10.2 Å². The van der Waals surface area contributed by atoms with Crippen LogP contribution in [0.3, 0.4) is 0 Å². The van der Waals surface area contributed by atoms with Gasteiger partial charge in [-0.25, -0.2) is 4.79 Å². The molecule has 1 aliphatic rings. The van der Waals surface area contributed by atoms with Crippen LogP contribution in [0, 0.1) is 10.1 Å². The fourth-order valence-corrected chi connectivity index (χ4v) is 2.15. The molecule has 6 nitrogen and oxygen atoms in total. The summed E-state index contributed by atoms with van der Waals surface area (Å²) in [4.78, 5) is 25.5. The van der Waals surface area contributed by atoms with Gasteiger partial charge in [-0.05, 0) is 6.08 Å². The lowest BCUT2D eigenvalue weighted by molar-refractivity contribution is -0.385. The largest absolute Gasteiger partial charge is 0.478 e. The van der Waals surface area contributed by atoms with Crippen LogP contribution in [0.4, 0.5) is 5.69 Å². The molecule has 1 aromatic rings. The van der Waals surface area contributed by atoms with Gasteiger partial charge in [-0.1, -0.05) is 30.4 Å². The maximum Gasteiger partial charge on any atom is 0.328 e. The number of aliphatic carboxylic acids is 1. The van der Waals surface area contributed by atoms with E-state index in [2.05, 4.69) is 4.99 Å². The maximum absolute atomic E-state index is 11.1. The van der Waals surface area contributed by atoms with Crippen molar-refractivity contribution in [2.45, 2.75) is 5.41 Å². The van der Waals surface area contributed by atoms with Gasteiger partial charge in [0.15, 0.2) is 0 Å². The fraction of sp³-hybridized carbons (Fsp3) is 0.143. The molecule has 0 aliphatic carbocycles. The Morgan fingerprint density at radius 3 is 2.80 bits per heavy atom. The average Bonchev–Trinajstić information content (AvgIpc) is 2.46. The second-order valence-corrected chi connectivity index (χ2v) is 4.34. The summed E-state index contributed by atoms with van der Waals surface area (Å²) in [6, 6.07) is 6.28. The highest BCUT2D eigenvalue weighted by atomic mass is 16.6. The lowest BCUT2D eigenvalue weighted by Crippen LogP contribution is -2.28. The van der Waals surface area contributed by atoms with Crippen LogP contribution < -0.4 is 0 Å². The second kappa shape index (κ2) is 5.48. The second-order valence-electron chi connectivity index (χ2n) is 4.34. The minimum absolute atomic E-state index is 0.0516. The third kappa shape index (κ3) is 2.64. The quantitative estimate of drug-likeness (QED) is 0.516. The zero-order valence-corrected chi connectivity index (χ0v) is 10.5. The third-order valence-electron chi connectivity index (χ3n) is 3.06. The number of carbonyl (C=O) groups is 1. The zero-order chi connectivity index (χ0) is 14.6. The Hall–Kier alpha value is -2.76. The molecule has 0 bridgehead atoms. The van der Waals surface area contributed by atoms with Crippen molar-refractivity contribution in [2.75, 3.05) is 6.54 Å². The maximum atomic E-state index is 11.1. The molecule has 2 rings (SSSR count). The van der Waals surface area contributed by atoms with Crippen molar-refractivity contribution in [3.63, 3.8) is 0 Å². The van der Waals surface area contributed by atoms with Crippen LogP contribution in [0.2, 0.25) is 0 Å². The minimum Gasteiger partial charge on any atom is -0.478 e. The highest BCUT2D eigenvalue weighted by Crippen LogP contribution is 2.35. The average molecular weight is 272 g/mol. The predicted octanol–water partition coefficient (Wildman–Crippen LogP) is 2.11. The fourth-order valence-electron chi connectivity index (χ4n) is 2.15. The molecule has 1 aromatic carbocycles. The van der Waals surface area contributed by atoms with Gasteiger partial charge in [0.2, 0.25) is 0 Å². The Balaban J connectivity index is 2.58. The summed E-state index contributed by atoms with van der Waals surface area (Å²) < 4.78 is 0. The van der Waals surface area contributed by atoms with Crippen molar-refractivity contribution >= 4 is 17.9 Å². The van der Waals surface area contributed by atoms with Gasteiger partial charge in [0.05, 0.1) is 16.9 Å². The van der Waals surface area contributed by atoms with Crippen molar-refractivity contribution in [3.05, 3.63) is 64.2 Å². The molecule has 6 heteroatoms. The van der Waals surface area contributed by atoms with Crippen LogP contribution in [-0.4, -0.2) is 28.8 Å². The first-order valence-corrected chi connectivity index (χ1v) is 5.89. The predicted molar refractivity (Wildman–Crippen MR) is 74.0 cm³/mol. The number of benzene rings is 1. The number of nitro benzene ring substituents is 1. The van der Waals surface area contributed by atoms with Crippen LogP contribution in [0.15, 0.2) is 53.6 Å². The van der Waals surface area contributed by atoms with E-state index in [-0.39, 0.29) is 12.2 Å². The number of dihydropyridines is 1. The zero-order valence-electron chi connectivity index (χ0n) is 10.5. The van der Waals surface area contributed by atoms with Gasteiger partial charge < -0.3 is 5.11 Å². The van der Waals surface area contributed by atoms with E-state index < -0.39 is 16.3 Å². The summed E-state index contributed by atoms with van der Waals surface area (Å²) in [6.45, 7) is 0.234. The van der Waals surface area contributed by atoms with Crippen molar-refractivity contribution in [2.24, 2.45) is 4.99 Å². The Kier molecular flexibility index (Phi) is 3.74. The lowest BCUT2D eigenvalue weighted by Gasteiger charge is -2.27. The Morgan fingerprint density at radius 2 is 2.20 bits per heavy atom. The van der Waals surface area contributed by atoms with Gasteiger partial charge in [0, 0.05) is 23.9 Å². The smallest absolute Gasteiger partial charge is 0.328 e. The van der Waals surface area contributed by atoms with Crippen LogP contribution in [0.1, 0.15) is 5.56 Å². The van der Waals surface area contributed by atoms with E-state index in [1.165, 1.54) is 12.1 Å². The Morgan fingerprint density at radius 1 is 1.45 bits per heavy atom. The summed E-state index contributed by atoms with van der Waals surface area (Å²) >= 11 is 0. The van der Waals surface area contributed by atoms with E-state index in [0.29, 0.717) is 5.56 Å². The van der Waals surface area contributed by atoms with Gasteiger partial charge in [-0.3, -0.25) is 15.1 Å². The molecular formula is C14H12N2O4. The number of nitrogens with zero attached hydrogens (tertiary/aromatic N) is 2. The van der Waals surface area contributed by atoms with Crippen molar-refractivity contribution in [1.82, 2.24) is 0 Å². The molecule has 0 fully saturated rings. The summed E-state index contributed by atoms with van der Waals surface area (Å²) in [6.07, 6.45) is 7.39. The molecule has 1 N–H and O–H groups in total. The first kappa shape index (κ1) is 13.7. The molecule has 1 heterocycles. The summed E-state index contributed by atoms with van der Waals surface area (Å²) in [5.41, 5.74) is -0.531. The van der Waals surface area contributed by atoms with Gasteiger partial charge >= 0.3 is 5.97 Å². The highest BCUT2D eigenvalue weighted by Gasteiger charge is 2.33. The molecule has 20 heavy (non-hydrogen) atoms. The van der Waals surface area contributed by atoms with Crippen molar-refractivity contribution < 1.29 is 14.8 Å². The number of hydrogen-bond acceptors (Lipinski definition) is 4. The molecule has 0 saturated heterocycles. The normalized spacial score (nSPS) is 21.2. The van der Waals surface area contributed by atoms with Gasteiger partial charge in [0.25, 0.3) is 5.69 Å². The lowest BCUT2D eigenvalue weighted by atomic mass is 9.78. The summed E-state index contributed by atoms with van der Waals surface area (Å²) in [7, 11) is 0. The monoisotopic (exact) mass is 272 g/mol. The number of allylic oxidation sites excluding steroid dienone is 1. The Bertz CT molecular complexity index is 634. The van der Waals surface area contributed by atoms with Crippen LogP contribution in [0.5, 0.6) is 0 Å². The topological polar surface area (TPSA) is 92.8 Å². The molecule has 1 aliphatic heterocycles. The summed E-state index contributed by atoms with van der Waals surface area (Å²) in [5, 5.41) is 19.9. The van der Waals surface area contributed by atoms with Crippen LogP contribution in [0.25, 0.3) is 0 Å². The first-order chi connectivity index (χ1) is 9.55. The van der Waals surface area contributed by atoms with Gasteiger partial charge in [-0.15, -0.1) is 0 Å². The van der Waals surface area contributed by atoms with E-state index in [4.69, 9.17) is 5.11 Å². The molecule has 0 saturated carbocycles. The molecule has 1 unspecified atom stereocenters. The standard InChI is InChI=1S/C14H12N2O4/c17-13(18)6-8-14(7-3-9-15-10-14)11-4-1-2-5-12(11)16(19)20/h1-9H,10H2,(H,17,18)/b8-6+. The number of para-hydroxylation sites is 1. The van der Waals surface area contributed by atoms with Crippen molar-refractivity contribution in [3.8, 4) is 0 Å².